The topological polar surface area (TPSA) is 41.9 Å². The average Bonchev–Trinajstić information content (AvgIpc) is 3.05. The number of carbonyl (C=O) groups is 1. The monoisotopic (exact) mass is 420 g/mol. The van der Waals surface area contributed by atoms with E-state index in [0.29, 0.717) is 15.1 Å². The van der Waals surface area contributed by atoms with E-state index in [9.17, 15) is 4.79 Å². The second kappa shape index (κ2) is 8.55. The van der Waals surface area contributed by atoms with Gasteiger partial charge in [-0.3, -0.25) is 9.69 Å². The van der Waals surface area contributed by atoms with Crippen molar-refractivity contribution < 1.29 is 9.53 Å². The van der Waals surface area contributed by atoms with Crippen LogP contribution in [0.1, 0.15) is 5.56 Å². The van der Waals surface area contributed by atoms with E-state index < -0.39 is 0 Å². The van der Waals surface area contributed by atoms with Crippen molar-refractivity contribution in [2.45, 2.75) is 0 Å². The van der Waals surface area contributed by atoms with Crippen LogP contribution in [0.4, 0.5) is 11.4 Å². The van der Waals surface area contributed by atoms with Gasteiger partial charge < -0.3 is 4.74 Å². The molecule has 1 aliphatic heterocycles. The average molecular weight is 421 g/mol. The highest BCUT2D eigenvalue weighted by atomic mass is 35.5. The van der Waals surface area contributed by atoms with Gasteiger partial charge in [0.2, 0.25) is 0 Å². The summed E-state index contributed by atoms with van der Waals surface area (Å²) < 4.78 is 5.20. The molecule has 3 aromatic rings. The fourth-order valence-electron chi connectivity index (χ4n) is 2.83. The van der Waals surface area contributed by atoms with Crippen LogP contribution >= 0.6 is 23.4 Å². The van der Waals surface area contributed by atoms with Crippen LogP contribution in [0.5, 0.6) is 5.75 Å². The van der Waals surface area contributed by atoms with Gasteiger partial charge in [-0.2, -0.15) is 0 Å². The van der Waals surface area contributed by atoms with Crippen molar-refractivity contribution in [1.29, 1.82) is 0 Å². The van der Waals surface area contributed by atoms with Gasteiger partial charge in [-0.25, -0.2) is 4.99 Å². The second-order valence-corrected chi connectivity index (χ2v) is 7.68. The minimum absolute atomic E-state index is 0.108. The molecule has 144 valence electrons. The fraction of sp³-hybridized carbons (Fsp3) is 0.0435. The lowest BCUT2D eigenvalue weighted by atomic mass is 10.2. The smallest absolute Gasteiger partial charge is 0.271 e. The van der Waals surface area contributed by atoms with E-state index in [1.807, 2.05) is 72.8 Å². The molecule has 1 fully saturated rings. The number of benzene rings is 3. The highest BCUT2D eigenvalue weighted by Crippen LogP contribution is 2.37. The summed E-state index contributed by atoms with van der Waals surface area (Å²) >= 11 is 7.31. The standard InChI is InChI=1S/C23H17ClN2O2S/c1-28-20-13-11-18(12-14-20)25-23-26(19-5-3-2-4-6-19)22(27)21(29-23)15-16-7-9-17(24)10-8-16/h2-15H,1H3/b21-15-,25-23?. The number of amides is 1. The Balaban J connectivity index is 1.73. The van der Waals surface area contributed by atoms with Crippen LogP contribution in [-0.4, -0.2) is 18.2 Å². The Kier molecular flexibility index (Phi) is 5.69. The van der Waals surface area contributed by atoms with Crippen LogP contribution in [0.3, 0.4) is 0 Å². The number of amidine groups is 1. The van der Waals surface area contributed by atoms with Crippen molar-refractivity contribution in [3.8, 4) is 5.75 Å². The van der Waals surface area contributed by atoms with Crippen LogP contribution in [0.15, 0.2) is 88.8 Å². The number of para-hydroxylation sites is 1. The number of aliphatic imine (C=N–C) groups is 1. The molecule has 0 saturated carbocycles. The van der Waals surface area contributed by atoms with Crippen molar-refractivity contribution in [3.63, 3.8) is 0 Å². The summed E-state index contributed by atoms with van der Waals surface area (Å²) in [4.78, 5) is 20.1. The molecule has 1 heterocycles. The third-order valence-electron chi connectivity index (χ3n) is 4.29. The first-order chi connectivity index (χ1) is 14.1. The maximum absolute atomic E-state index is 13.2. The largest absolute Gasteiger partial charge is 0.497 e. The van der Waals surface area contributed by atoms with E-state index in [1.165, 1.54) is 11.8 Å². The zero-order valence-electron chi connectivity index (χ0n) is 15.6. The summed E-state index contributed by atoms with van der Waals surface area (Å²) in [6.07, 6.45) is 1.86. The molecule has 0 N–H and O–H groups in total. The summed E-state index contributed by atoms with van der Waals surface area (Å²) in [5, 5.41) is 1.26. The molecule has 4 rings (SSSR count). The van der Waals surface area contributed by atoms with E-state index in [4.69, 9.17) is 21.3 Å². The Morgan fingerprint density at radius 2 is 1.66 bits per heavy atom. The molecule has 0 atom stereocenters. The van der Waals surface area contributed by atoms with Crippen molar-refractivity contribution in [3.05, 3.63) is 94.4 Å². The summed E-state index contributed by atoms with van der Waals surface area (Å²) in [5.41, 5.74) is 2.43. The van der Waals surface area contributed by atoms with Crippen molar-refractivity contribution in [1.82, 2.24) is 0 Å². The lowest BCUT2D eigenvalue weighted by Crippen LogP contribution is -2.28. The molecule has 6 heteroatoms. The number of hydrogen-bond donors (Lipinski definition) is 0. The summed E-state index contributed by atoms with van der Waals surface area (Å²) in [6.45, 7) is 0. The third-order valence-corrected chi connectivity index (χ3v) is 5.51. The zero-order valence-corrected chi connectivity index (χ0v) is 17.2. The van der Waals surface area contributed by atoms with Gasteiger partial charge in [0.1, 0.15) is 5.75 Å². The lowest BCUT2D eigenvalue weighted by molar-refractivity contribution is -0.113. The van der Waals surface area contributed by atoms with Crippen LogP contribution in [0, 0.1) is 0 Å². The Labute approximate surface area is 178 Å². The molecule has 1 amide bonds. The van der Waals surface area contributed by atoms with Crippen LogP contribution < -0.4 is 9.64 Å². The summed E-state index contributed by atoms with van der Waals surface area (Å²) in [5.74, 6) is 0.649. The SMILES string of the molecule is COc1ccc(N=C2S/C(=C\c3ccc(Cl)cc3)C(=O)N2c2ccccc2)cc1. The van der Waals surface area contributed by atoms with E-state index in [2.05, 4.69) is 0 Å². The van der Waals surface area contributed by atoms with E-state index in [0.717, 1.165) is 22.7 Å². The molecule has 0 spiro atoms. The Morgan fingerprint density at radius 1 is 0.966 bits per heavy atom. The van der Waals surface area contributed by atoms with E-state index >= 15 is 0 Å². The van der Waals surface area contributed by atoms with Crippen molar-refractivity contribution >= 4 is 51.9 Å². The predicted molar refractivity (Wildman–Crippen MR) is 121 cm³/mol. The molecular weight excluding hydrogens is 404 g/mol. The number of thioether (sulfide) groups is 1. The number of carbonyl (C=O) groups excluding carboxylic acids is 1. The van der Waals surface area contributed by atoms with Crippen LogP contribution in [-0.2, 0) is 4.79 Å². The molecule has 0 aromatic heterocycles. The van der Waals surface area contributed by atoms with E-state index in [-0.39, 0.29) is 5.91 Å². The molecule has 1 aliphatic rings. The van der Waals surface area contributed by atoms with E-state index in [1.54, 1.807) is 24.1 Å². The first-order valence-electron chi connectivity index (χ1n) is 8.91. The number of nitrogens with zero attached hydrogens (tertiary/aromatic N) is 2. The third kappa shape index (κ3) is 4.36. The Hall–Kier alpha value is -3.02. The van der Waals surface area contributed by atoms with Gasteiger partial charge in [0.25, 0.3) is 5.91 Å². The quantitative estimate of drug-likeness (QED) is 0.475. The number of hydrogen-bond acceptors (Lipinski definition) is 4. The van der Waals surface area contributed by atoms with Gasteiger partial charge in [-0.05, 0) is 71.9 Å². The molecule has 0 unspecified atom stereocenters. The summed E-state index contributed by atoms with van der Waals surface area (Å²) in [6, 6.07) is 24.3. The normalized spacial score (nSPS) is 16.6. The number of anilines is 1. The molecule has 4 nitrogen and oxygen atoms in total. The first kappa shape index (κ1) is 19.3. The molecule has 3 aromatic carbocycles. The Morgan fingerprint density at radius 3 is 2.31 bits per heavy atom. The number of methoxy groups -OCH3 is 1. The molecule has 0 aliphatic carbocycles. The maximum Gasteiger partial charge on any atom is 0.271 e. The van der Waals surface area contributed by atoms with Gasteiger partial charge >= 0.3 is 0 Å². The Bertz CT molecular complexity index is 1080. The van der Waals surface area contributed by atoms with Gasteiger partial charge in [0.15, 0.2) is 5.17 Å². The lowest BCUT2D eigenvalue weighted by Gasteiger charge is -2.15. The van der Waals surface area contributed by atoms with Crippen molar-refractivity contribution in [2.24, 2.45) is 4.99 Å². The maximum atomic E-state index is 13.2. The van der Waals surface area contributed by atoms with Gasteiger partial charge in [-0.15, -0.1) is 0 Å². The molecule has 29 heavy (non-hydrogen) atoms. The molecule has 0 bridgehead atoms. The van der Waals surface area contributed by atoms with Gasteiger partial charge in [-0.1, -0.05) is 41.9 Å². The highest BCUT2D eigenvalue weighted by molar-refractivity contribution is 8.19. The van der Waals surface area contributed by atoms with Crippen molar-refractivity contribution in [2.75, 3.05) is 12.0 Å². The fourth-order valence-corrected chi connectivity index (χ4v) is 3.96. The van der Waals surface area contributed by atoms with Gasteiger partial charge in [0, 0.05) is 5.02 Å². The molecule has 0 radical (unpaired) electrons. The second-order valence-electron chi connectivity index (χ2n) is 6.23. The highest BCUT2D eigenvalue weighted by Gasteiger charge is 2.34. The van der Waals surface area contributed by atoms with Crippen LogP contribution in [0.2, 0.25) is 5.02 Å². The zero-order chi connectivity index (χ0) is 20.2. The van der Waals surface area contributed by atoms with Crippen LogP contribution in [0.25, 0.3) is 6.08 Å². The predicted octanol–water partition coefficient (Wildman–Crippen LogP) is 6.16. The first-order valence-corrected chi connectivity index (χ1v) is 10.1. The summed E-state index contributed by atoms with van der Waals surface area (Å²) in [7, 11) is 1.62. The van der Waals surface area contributed by atoms with Gasteiger partial charge in [0.05, 0.1) is 23.4 Å². The minimum Gasteiger partial charge on any atom is -0.497 e. The molecule has 1 saturated heterocycles. The number of ether oxygens (including phenoxy) is 1. The minimum atomic E-state index is -0.108. The molecular formula is C23H17ClN2O2S. The number of halogens is 1. The number of rotatable bonds is 4.